The number of carbonyl (C=O) groups excluding carboxylic acids is 1. The van der Waals surface area contributed by atoms with Crippen molar-refractivity contribution in [3.8, 4) is 0 Å². The Morgan fingerprint density at radius 1 is 1.42 bits per heavy atom. The average Bonchev–Trinajstić information content (AvgIpc) is 1.79. The van der Waals surface area contributed by atoms with Crippen LogP contribution in [0.5, 0.6) is 0 Å². The third-order valence-electron chi connectivity index (χ3n) is 0.785. The molecule has 0 atom stereocenters. The Balaban J connectivity index is 3.91. The molecule has 70 valence electrons. The van der Waals surface area contributed by atoms with Crippen LogP contribution >= 0.6 is 23.2 Å². The fourth-order valence-corrected chi connectivity index (χ4v) is 0.633. The summed E-state index contributed by atoms with van der Waals surface area (Å²) in [7, 11) is 0. The summed E-state index contributed by atoms with van der Waals surface area (Å²) < 4.78 is 4.95. The highest BCUT2D eigenvalue weighted by Gasteiger charge is 2.13. The summed E-state index contributed by atoms with van der Waals surface area (Å²) in [5, 5.41) is 0. The van der Waals surface area contributed by atoms with Crippen LogP contribution in [0, 0.1) is 0 Å². The molecule has 0 radical (unpaired) electrons. The fourth-order valence-electron chi connectivity index (χ4n) is 0.487. The molecule has 0 aromatic rings. The van der Waals surface area contributed by atoms with Crippen molar-refractivity contribution in [2.24, 2.45) is 0 Å². The van der Waals surface area contributed by atoms with Gasteiger partial charge in [0.2, 0.25) is 0 Å². The van der Waals surface area contributed by atoms with Crippen molar-refractivity contribution >= 4 is 29.2 Å². The zero-order valence-electron chi connectivity index (χ0n) is 7.30. The SMILES string of the molecule is CC(C)(C)OC(=O)C=CC(Cl)Cl. The largest absolute Gasteiger partial charge is 0.457 e. The van der Waals surface area contributed by atoms with E-state index in [4.69, 9.17) is 27.9 Å². The lowest BCUT2D eigenvalue weighted by Gasteiger charge is -2.17. The summed E-state index contributed by atoms with van der Waals surface area (Å²) in [6.07, 6.45) is 2.58. The van der Waals surface area contributed by atoms with Gasteiger partial charge in [-0.2, -0.15) is 0 Å². The number of hydrogen-bond donors (Lipinski definition) is 0. The van der Waals surface area contributed by atoms with Crippen molar-refractivity contribution < 1.29 is 9.53 Å². The molecule has 12 heavy (non-hydrogen) atoms. The molecule has 0 aromatic heterocycles. The van der Waals surface area contributed by atoms with E-state index < -0.39 is 16.4 Å². The highest BCUT2D eigenvalue weighted by Crippen LogP contribution is 2.08. The maximum Gasteiger partial charge on any atom is 0.331 e. The molecule has 0 aliphatic carbocycles. The van der Waals surface area contributed by atoms with E-state index in [2.05, 4.69) is 0 Å². The third kappa shape index (κ3) is 7.89. The van der Waals surface area contributed by atoms with Crippen LogP contribution < -0.4 is 0 Å². The molecule has 0 bridgehead atoms. The van der Waals surface area contributed by atoms with Gasteiger partial charge in [-0.25, -0.2) is 4.79 Å². The second-order valence-corrected chi connectivity index (χ2v) is 4.39. The van der Waals surface area contributed by atoms with Crippen LogP contribution in [0.3, 0.4) is 0 Å². The lowest BCUT2D eigenvalue weighted by molar-refractivity contribution is -0.148. The highest BCUT2D eigenvalue weighted by molar-refractivity contribution is 6.45. The van der Waals surface area contributed by atoms with Gasteiger partial charge in [0, 0.05) is 6.08 Å². The summed E-state index contributed by atoms with van der Waals surface area (Å²) in [5.74, 6) is -0.436. The zero-order valence-corrected chi connectivity index (χ0v) is 8.82. The van der Waals surface area contributed by atoms with Crippen LogP contribution in [0.15, 0.2) is 12.2 Å². The quantitative estimate of drug-likeness (QED) is 0.398. The second-order valence-electron chi connectivity index (χ2n) is 3.23. The van der Waals surface area contributed by atoms with E-state index in [9.17, 15) is 4.79 Å². The first-order valence-corrected chi connectivity index (χ1v) is 4.38. The number of ether oxygens (including phenoxy) is 1. The first-order valence-electron chi connectivity index (χ1n) is 3.50. The van der Waals surface area contributed by atoms with Crippen molar-refractivity contribution in [1.29, 1.82) is 0 Å². The zero-order chi connectivity index (χ0) is 9.78. The molecule has 0 saturated carbocycles. The molecular formula is C8H12Cl2O2. The number of halogens is 2. The van der Waals surface area contributed by atoms with Gasteiger partial charge in [0.05, 0.1) is 0 Å². The van der Waals surface area contributed by atoms with Gasteiger partial charge in [-0.3, -0.25) is 0 Å². The molecule has 0 unspecified atom stereocenters. The minimum atomic E-state index is -0.669. The van der Waals surface area contributed by atoms with Crippen molar-refractivity contribution in [3.63, 3.8) is 0 Å². The van der Waals surface area contributed by atoms with Crippen LogP contribution in [0.4, 0.5) is 0 Å². The standard InChI is InChI=1S/C8H12Cl2O2/c1-8(2,3)12-7(11)5-4-6(9)10/h4-6H,1-3H3. The van der Waals surface area contributed by atoms with Crippen molar-refractivity contribution in [2.45, 2.75) is 31.2 Å². The Kier molecular flexibility index (Phi) is 4.64. The van der Waals surface area contributed by atoms with Gasteiger partial charge in [0.15, 0.2) is 0 Å². The van der Waals surface area contributed by atoms with E-state index in [1.54, 1.807) is 20.8 Å². The number of carbonyl (C=O) groups is 1. The molecule has 4 heteroatoms. The number of allylic oxidation sites excluding steroid dienone is 1. The van der Waals surface area contributed by atoms with Gasteiger partial charge in [0.25, 0.3) is 0 Å². The Morgan fingerprint density at radius 3 is 2.25 bits per heavy atom. The number of rotatable bonds is 2. The maximum absolute atomic E-state index is 10.9. The molecule has 0 aromatic carbocycles. The number of hydrogen-bond acceptors (Lipinski definition) is 2. The average molecular weight is 211 g/mol. The van der Waals surface area contributed by atoms with Crippen LogP contribution in [0.25, 0.3) is 0 Å². The molecule has 0 rings (SSSR count). The molecule has 2 nitrogen and oxygen atoms in total. The highest BCUT2D eigenvalue weighted by atomic mass is 35.5. The van der Waals surface area contributed by atoms with Gasteiger partial charge in [0.1, 0.15) is 10.4 Å². The summed E-state index contributed by atoms with van der Waals surface area (Å²) in [6.45, 7) is 5.37. The van der Waals surface area contributed by atoms with E-state index in [0.29, 0.717) is 0 Å². The van der Waals surface area contributed by atoms with E-state index in [-0.39, 0.29) is 0 Å². The Labute approximate surface area is 82.5 Å². The molecule has 0 heterocycles. The molecule has 0 N–H and O–H groups in total. The van der Waals surface area contributed by atoms with Crippen LogP contribution in [0.2, 0.25) is 0 Å². The Hall–Kier alpha value is -0.210. The van der Waals surface area contributed by atoms with E-state index in [1.165, 1.54) is 12.2 Å². The number of alkyl halides is 2. The predicted octanol–water partition coefficient (Wildman–Crippen LogP) is 2.69. The van der Waals surface area contributed by atoms with Gasteiger partial charge >= 0.3 is 5.97 Å². The minimum absolute atomic E-state index is 0.436. The van der Waals surface area contributed by atoms with Gasteiger partial charge in [-0.05, 0) is 26.8 Å². The molecule has 0 spiro atoms. The lowest BCUT2D eigenvalue weighted by Crippen LogP contribution is -2.22. The van der Waals surface area contributed by atoms with Crippen LogP contribution in [-0.2, 0) is 9.53 Å². The van der Waals surface area contributed by atoms with E-state index >= 15 is 0 Å². The van der Waals surface area contributed by atoms with Crippen LogP contribution in [-0.4, -0.2) is 16.4 Å². The second kappa shape index (κ2) is 4.73. The molecule has 0 aliphatic rings. The van der Waals surface area contributed by atoms with E-state index in [1.807, 2.05) is 0 Å². The van der Waals surface area contributed by atoms with Gasteiger partial charge in [-0.15, -0.1) is 23.2 Å². The number of esters is 1. The Morgan fingerprint density at radius 2 is 1.92 bits per heavy atom. The Bertz CT molecular complexity index is 180. The van der Waals surface area contributed by atoms with Crippen molar-refractivity contribution in [3.05, 3.63) is 12.2 Å². The molecule has 0 saturated heterocycles. The third-order valence-corrected chi connectivity index (χ3v) is 1.08. The van der Waals surface area contributed by atoms with Gasteiger partial charge in [-0.1, -0.05) is 0 Å². The fraction of sp³-hybridized carbons (Fsp3) is 0.625. The topological polar surface area (TPSA) is 26.3 Å². The molecule has 0 aliphatic heterocycles. The first-order chi connectivity index (χ1) is 5.31. The van der Waals surface area contributed by atoms with Crippen molar-refractivity contribution in [2.75, 3.05) is 0 Å². The normalized spacial score (nSPS) is 12.5. The monoisotopic (exact) mass is 210 g/mol. The predicted molar refractivity (Wildman–Crippen MR) is 50.5 cm³/mol. The molecular weight excluding hydrogens is 199 g/mol. The lowest BCUT2D eigenvalue weighted by atomic mass is 10.2. The minimum Gasteiger partial charge on any atom is -0.457 e. The van der Waals surface area contributed by atoms with Crippen molar-refractivity contribution in [1.82, 2.24) is 0 Å². The molecule has 0 fully saturated rings. The van der Waals surface area contributed by atoms with E-state index in [0.717, 1.165) is 0 Å². The molecule has 0 amide bonds. The van der Waals surface area contributed by atoms with Crippen LogP contribution in [0.1, 0.15) is 20.8 Å². The summed E-state index contributed by atoms with van der Waals surface area (Å²) >= 11 is 10.7. The summed E-state index contributed by atoms with van der Waals surface area (Å²) in [5.41, 5.74) is -0.477. The van der Waals surface area contributed by atoms with Gasteiger partial charge < -0.3 is 4.74 Å². The first kappa shape index (κ1) is 11.8. The summed E-state index contributed by atoms with van der Waals surface area (Å²) in [4.78, 5) is 10.3. The summed E-state index contributed by atoms with van der Waals surface area (Å²) in [6, 6.07) is 0. The maximum atomic E-state index is 10.9. The smallest absolute Gasteiger partial charge is 0.331 e.